The van der Waals surface area contributed by atoms with E-state index in [1.54, 1.807) is 4.90 Å². The van der Waals surface area contributed by atoms with Gasteiger partial charge in [0.25, 0.3) is 0 Å². The summed E-state index contributed by atoms with van der Waals surface area (Å²) in [6.07, 6.45) is -4.51. The molecule has 1 heterocycles. The van der Waals surface area contributed by atoms with E-state index in [4.69, 9.17) is 16.3 Å². The van der Waals surface area contributed by atoms with E-state index in [9.17, 15) is 13.2 Å². The minimum atomic E-state index is -4.51. The van der Waals surface area contributed by atoms with Crippen LogP contribution in [0.25, 0.3) is 0 Å². The topological polar surface area (TPSA) is 38.2 Å². The zero-order valence-electron chi connectivity index (χ0n) is 10.6. The van der Waals surface area contributed by atoms with Gasteiger partial charge in [0.1, 0.15) is 0 Å². The van der Waals surface area contributed by atoms with Crippen molar-refractivity contribution in [1.29, 1.82) is 0 Å². The maximum absolute atomic E-state index is 12.4. The summed E-state index contributed by atoms with van der Waals surface area (Å²) in [5.41, 5.74) is 0. The van der Waals surface area contributed by atoms with E-state index in [0.717, 1.165) is 11.5 Å². The Bertz CT molecular complexity index is 386. The van der Waals surface area contributed by atoms with E-state index in [-0.39, 0.29) is 11.2 Å². The largest absolute Gasteiger partial charge is 0.452 e. The summed E-state index contributed by atoms with van der Waals surface area (Å²) < 4.78 is 45.9. The van der Waals surface area contributed by atoms with Crippen molar-refractivity contribution in [1.82, 2.24) is 9.36 Å². The molecule has 0 saturated carbocycles. The number of aromatic nitrogens is 2. The summed E-state index contributed by atoms with van der Waals surface area (Å²) in [6, 6.07) is 0.00800. The van der Waals surface area contributed by atoms with Gasteiger partial charge in [-0.15, -0.1) is 11.6 Å². The van der Waals surface area contributed by atoms with Gasteiger partial charge in [-0.25, -0.2) is 0 Å². The van der Waals surface area contributed by atoms with Gasteiger partial charge in [0.15, 0.2) is 0 Å². The Kier molecular flexibility index (Phi) is 6.28. The Labute approximate surface area is 118 Å². The summed E-state index contributed by atoms with van der Waals surface area (Å²) in [5.74, 6) is -0.710. The fraction of sp³-hybridized carbons (Fsp3) is 0.800. The Morgan fingerprint density at radius 3 is 2.53 bits per heavy atom. The van der Waals surface area contributed by atoms with Crippen LogP contribution in [0.15, 0.2) is 0 Å². The van der Waals surface area contributed by atoms with Gasteiger partial charge >= 0.3 is 6.18 Å². The number of anilines is 1. The highest BCUT2D eigenvalue weighted by Gasteiger charge is 2.36. The van der Waals surface area contributed by atoms with E-state index in [2.05, 4.69) is 9.36 Å². The van der Waals surface area contributed by atoms with Gasteiger partial charge in [-0.3, -0.25) is 0 Å². The molecule has 0 aliphatic heterocycles. The molecule has 19 heavy (non-hydrogen) atoms. The summed E-state index contributed by atoms with van der Waals surface area (Å²) in [5, 5.41) is 0.247. The van der Waals surface area contributed by atoms with Crippen LogP contribution in [-0.2, 0) is 10.9 Å². The van der Waals surface area contributed by atoms with Crippen molar-refractivity contribution in [2.24, 2.45) is 0 Å². The molecule has 1 rings (SSSR count). The van der Waals surface area contributed by atoms with E-state index in [1.165, 1.54) is 0 Å². The molecule has 0 unspecified atom stereocenters. The Balaban J connectivity index is 2.68. The highest BCUT2D eigenvalue weighted by molar-refractivity contribution is 7.09. The highest BCUT2D eigenvalue weighted by Crippen LogP contribution is 2.30. The monoisotopic (exact) mass is 317 g/mol. The highest BCUT2D eigenvalue weighted by atomic mass is 35.5. The van der Waals surface area contributed by atoms with Crippen LogP contribution in [0.3, 0.4) is 0 Å². The maximum atomic E-state index is 12.4. The maximum Gasteiger partial charge on any atom is 0.452 e. The second-order valence-corrected chi connectivity index (χ2v) is 5.10. The molecule has 110 valence electrons. The molecule has 1 aromatic heterocycles. The zero-order valence-corrected chi connectivity index (χ0v) is 12.1. The lowest BCUT2D eigenvalue weighted by atomic mass is 10.3. The number of alkyl halides is 4. The third-order valence-corrected chi connectivity index (χ3v) is 3.14. The number of halogens is 4. The minimum Gasteiger partial charge on any atom is -0.378 e. The Morgan fingerprint density at radius 2 is 2.05 bits per heavy atom. The molecular formula is C10H15ClF3N3OS. The number of ether oxygens (including phenoxy) is 1. The lowest BCUT2D eigenvalue weighted by molar-refractivity contribution is -0.144. The number of nitrogens with zero attached hydrogens (tertiary/aromatic N) is 3. The molecule has 0 aliphatic carbocycles. The van der Waals surface area contributed by atoms with Crippen LogP contribution < -0.4 is 4.90 Å². The summed E-state index contributed by atoms with van der Waals surface area (Å²) >= 11 is 6.21. The number of hydrogen-bond acceptors (Lipinski definition) is 5. The van der Waals surface area contributed by atoms with Gasteiger partial charge in [0, 0.05) is 30.0 Å². The van der Waals surface area contributed by atoms with Crippen LogP contribution >= 0.6 is 23.1 Å². The SMILES string of the molecule is CC(C)N(CCOCCCl)c1nc(C(F)(F)F)ns1. The predicted molar refractivity (Wildman–Crippen MR) is 68.9 cm³/mol. The number of rotatable bonds is 7. The molecule has 1 aromatic rings. The quantitative estimate of drug-likeness (QED) is 0.572. The fourth-order valence-electron chi connectivity index (χ4n) is 1.34. The molecule has 9 heteroatoms. The third-order valence-electron chi connectivity index (χ3n) is 2.24. The molecule has 0 aromatic carbocycles. The van der Waals surface area contributed by atoms with Crippen LogP contribution in [0, 0.1) is 0 Å². The second kappa shape index (κ2) is 7.25. The first-order chi connectivity index (χ1) is 8.86. The van der Waals surface area contributed by atoms with Crippen LogP contribution in [0.1, 0.15) is 19.7 Å². The minimum absolute atomic E-state index is 0.00800. The fourth-order valence-corrected chi connectivity index (χ4v) is 2.30. The van der Waals surface area contributed by atoms with Crippen LogP contribution in [0.4, 0.5) is 18.3 Å². The normalized spacial score (nSPS) is 12.2. The van der Waals surface area contributed by atoms with Crippen LogP contribution in [0.5, 0.6) is 0 Å². The third kappa shape index (κ3) is 5.12. The Hall–Kier alpha value is -0.600. The summed E-state index contributed by atoms with van der Waals surface area (Å²) in [6.45, 7) is 4.98. The molecule has 0 N–H and O–H groups in total. The van der Waals surface area contributed by atoms with Crippen molar-refractivity contribution in [3.8, 4) is 0 Å². The second-order valence-electron chi connectivity index (χ2n) is 3.99. The molecule has 0 amide bonds. The molecule has 0 radical (unpaired) electrons. The first-order valence-corrected chi connectivity index (χ1v) is 6.98. The van der Waals surface area contributed by atoms with Gasteiger partial charge in [-0.2, -0.15) is 22.5 Å². The molecule has 0 fully saturated rings. The standard InChI is InChI=1S/C10H15ClF3N3OS/c1-7(2)17(4-6-18-5-3-11)9-15-8(16-19-9)10(12,13)14/h7H,3-6H2,1-2H3. The molecule has 0 bridgehead atoms. The smallest absolute Gasteiger partial charge is 0.378 e. The van der Waals surface area contributed by atoms with Gasteiger partial charge in [-0.1, -0.05) is 0 Å². The van der Waals surface area contributed by atoms with Crippen molar-refractivity contribution in [3.05, 3.63) is 5.82 Å². The van der Waals surface area contributed by atoms with Gasteiger partial charge < -0.3 is 9.64 Å². The Morgan fingerprint density at radius 1 is 1.37 bits per heavy atom. The lowest BCUT2D eigenvalue weighted by Gasteiger charge is -2.25. The molecule has 0 spiro atoms. The predicted octanol–water partition coefficient (Wildman–Crippen LogP) is 3.03. The van der Waals surface area contributed by atoms with Gasteiger partial charge in [-0.05, 0) is 13.8 Å². The molecular weight excluding hydrogens is 303 g/mol. The van der Waals surface area contributed by atoms with Crippen molar-refractivity contribution < 1.29 is 17.9 Å². The van der Waals surface area contributed by atoms with E-state index in [1.807, 2.05) is 13.8 Å². The summed E-state index contributed by atoms with van der Waals surface area (Å²) in [4.78, 5) is 5.25. The first-order valence-electron chi connectivity index (χ1n) is 5.67. The van der Waals surface area contributed by atoms with Gasteiger partial charge in [0.2, 0.25) is 11.0 Å². The van der Waals surface area contributed by atoms with E-state index >= 15 is 0 Å². The molecule has 0 saturated heterocycles. The zero-order chi connectivity index (χ0) is 14.5. The van der Waals surface area contributed by atoms with Crippen molar-refractivity contribution in [2.75, 3.05) is 30.5 Å². The number of hydrogen-bond donors (Lipinski definition) is 0. The lowest BCUT2D eigenvalue weighted by Crippen LogP contribution is -2.34. The van der Waals surface area contributed by atoms with Crippen LogP contribution in [-0.4, -0.2) is 41.0 Å². The molecule has 4 nitrogen and oxygen atoms in total. The molecule has 0 atom stereocenters. The van der Waals surface area contributed by atoms with Crippen molar-refractivity contribution >= 4 is 28.3 Å². The van der Waals surface area contributed by atoms with Gasteiger partial charge in [0.05, 0.1) is 13.2 Å². The van der Waals surface area contributed by atoms with E-state index < -0.39 is 12.0 Å². The summed E-state index contributed by atoms with van der Waals surface area (Å²) in [7, 11) is 0. The molecule has 0 aliphatic rings. The average molecular weight is 318 g/mol. The van der Waals surface area contributed by atoms with Crippen molar-refractivity contribution in [3.63, 3.8) is 0 Å². The van der Waals surface area contributed by atoms with E-state index in [0.29, 0.717) is 25.6 Å². The van der Waals surface area contributed by atoms with Crippen molar-refractivity contribution in [2.45, 2.75) is 26.1 Å². The van der Waals surface area contributed by atoms with Crippen LogP contribution in [0.2, 0.25) is 0 Å². The average Bonchev–Trinajstić information content (AvgIpc) is 2.77. The first kappa shape index (κ1) is 16.5.